The minimum atomic E-state index is 0.107. The quantitative estimate of drug-likeness (QED) is 0.852. The fourth-order valence-corrected chi connectivity index (χ4v) is 3.05. The van der Waals surface area contributed by atoms with Crippen LogP contribution in [0.15, 0.2) is 12.1 Å². The highest BCUT2D eigenvalue weighted by atomic mass is 16.5. The van der Waals surface area contributed by atoms with E-state index in [1.54, 1.807) is 21.1 Å². The Kier molecular flexibility index (Phi) is 4.21. The summed E-state index contributed by atoms with van der Waals surface area (Å²) in [5.74, 6) is 1.97. The van der Waals surface area contributed by atoms with E-state index in [0.717, 1.165) is 24.5 Å². The third-order valence-electron chi connectivity index (χ3n) is 3.96. The zero-order chi connectivity index (χ0) is 14.9. The molecule has 0 saturated heterocycles. The largest absolute Gasteiger partial charge is 0.493 e. The van der Waals surface area contributed by atoms with Crippen LogP contribution in [0.5, 0.6) is 11.5 Å². The second-order valence-electron chi connectivity index (χ2n) is 5.56. The Labute approximate surface area is 120 Å². The third kappa shape index (κ3) is 2.47. The molecule has 1 amide bonds. The van der Waals surface area contributed by atoms with Crippen LogP contribution in [0.25, 0.3) is 0 Å². The summed E-state index contributed by atoms with van der Waals surface area (Å²) in [5.41, 5.74) is 2.43. The van der Waals surface area contributed by atoms with Crippen molar-refractivity contribution in [3.63, 3.8) is 0 Å². The number of carbonyl (C=O) groups is 1. The van der Waals surface area contributed by atoms with Gasteiger partial charge in [0.25, 0.3) is 0 Å². The maximum atomic E-state index is 11.9. The molecule has 4 nitrogen and oxygen atoms in total. The summed E-state index contributed by atoms with van der Waals surface area (Å²) in [6, 6.07) is 4.17. The zero-order valence-corrected chi connectivity index (χ0v) is 12.9. The molecule has 0 radical (unpaired) electrons. The maximum absolute atomic E-state index is 11.9. The summed E-state index contributed by atoms with van der Waals surface area (Å²) in [5, 5.41) is 0. The van der Waals surface area contributed by atoms with Gasteiger partial charge >= 0.3 is 0 Å². The highest BCUT2D eigenvalue weighted by Gasteiger charge is 2.32. The van der Waals surface area contributed by atoms with Crippen LogP contribution in [0.4, 0.5) is 0 Å². The van der Waals surface area contributed by atoms with Gasteiger partial charge in [-0.05, 0) is 35.6 Å². The van der Waals surface area contributed by atoms with E-state index in [4.69, 9.17) is 9.47 Å². The molecule has 0 aliphatic carbocycles. The summed E-state index contributed by atoms with van der Waals surface area (Å²) in [6.45, 7) is 6.70. The monoisotopic (exact) mass is 277 g/mol. The number of ether oxygens (including phenoxy) is 2. The minimum absolute atomic E-state index is 0.107. The smallest absolute Gasteiger partial charge is 0.219 e. The van der Waals surface area contributed by atoms with Crippen LogP contribution in [0.2, 0.25) is 0 Å². The van der Waals surface area contributed by atoms with Crippen molar-refractivity contribution in [3.8, 4) is 11.5 Å². The molecule has 1 aliphatic rings. The Morgan fingerprint density at radius 3 is 2.35 bits per heavy atom. The van der Waals surface area contributed by atoms with Gasteiger partial charge in [-0.1, -0.05) is 13.8 Å². The summed E-state index contributed by atoms with van der Waals surface area (Å²) < 4.78 is 10.8. The number of nitrogens with zero attached hydrogens (tertiary/aromatic N) is 1. The Bertz CT molecular complexity index is 511. The molecule has 1 aliphatic heterocycles. The van der Waals surface area contributed by atoms with Crippen LogP contribution >= 0.6 is 0 Å². The first kappa shape index (κ1) is 14.7. The van der Waals surface area contributed by atoms with Crippen LogP contribution in [-0.2, 0) is 11.2 Å². The van der Waals surface area contributed by atoms with Crippen LogP contribution < -0.4 is 9.47 Å². The van der Waals surface area contributed by atoms with Crippen LogP contribution in [0.3, 0.4) is 0 Å². The topological polar surface area (TPSA) is 38.8 Å². The molecule has 0 fully saturated rings. The van der Waals surface area contributed by atoms with Crippen molar-refractivity contribution in [1.82, 2.24) is 4.90 Å². The Morgan fingerprint density at radius 1 is 1.25 bits per heavy atom. The van der Waals surface area contributed by atoms with E-state index < -0.39 is 0 Å². The molecule has 110 valence electrons. The zero-order valence-electron chi connectivity index (χ0n) is 12.9. The van der Waals surface area contributed by atoms with E-state index in [-0.39, 0.29) is 11.9 Å². The molecule has 2 rings (SSSR count). The number of amides is 1. The van der Waals surface area contributed by atoms with E-state index >= 15 is 0 Å². The summed E-state index contributed by atoms with van der Waals surface area (Å²) >= 11 is 0. The Balaban J connectivity index is 2.53. The van der Waals surface area contributed by atoms with Gasteiger partial charge in [-0.15, -0.1) is 0 Å². The molecule has 0 N–H and O–H groups in total. The van der Waals surface area contributed by atoms with Gasteiger partial charge in [-0.25, -0.2) is 0 Å². The number of hydrogen-bond donors (Lipinski definition) is 0. The summed E-state index contributed by atoms with van der Waals surface area (Å²) in [6.07, 6.45) is 0.860. The molecule has 0 saturated carbocycles. The van der Waals surface area contributed by atoms with Gasteiger partial charge in [0, 0.05) is 13.5 Å². The van der Waals surface area contributed by atoms with Gasteiger partial charge in [-0.3, -0.25) is 4.79 Å². The fraction of sp³-hybridized carbons (Fsp3) is 0.562. The highest BCUT2D eigenvalue weighted by Crippen LogP contribution is 2.40. The van der Waals surface area contributed by atoms with Crippen LogP contribution in [-0.4, -0.2) is 31.6 Å². The first-order chi connectivity index (χ1) is 9.49. The molecule has 0 aromatic heterocycles. The molecule has 0 spiro atoms. The van der Waals surface area contributed by atoms with Gasteiger partial charge in [0.15, 0.2) is 11.5 Å². The lowest BCUT2D eigenvalue weighted by atomic mass is 9.86. The SMILES string of the molecule is COc1cc2c(cc1OC)C(C(C)C)N(C(C)=O)CC2. The average molecular weight is 277 g/mol. The molecular formula is C16H23NO3. The first-order valence-corrected chi connectivity index (χ1v) is 7.01. The van der Waals surface area contributed by atoms with Gasteiger partial charge in [-0.2, -0.15) is 0 Å². The van der Waals surface area contributed by atoms with Crippen molar-refractivity contribution >= 4 is 5.91 Å². The third-order valence-corrected chi connectivity index (χ3v) is 3.96. The van der Waals surface area contributed by atoms with E-state index in [2.05, 4.69) is 13.8 Å². The van der Waals surface area contributed by atoms with Crippen molar-refractivity contribution in [2.45, 2.75) is 33.2 Å². The van der Waals surface area contributed by atoms with Gasteiger partial charge in [0.1, 0.15) is 0 Å². The number of rotatable bonds is 3. The van der Waals surface area contributed by atoms with Crippen molar-refractivity contribution in [2.24, 2.45) is 5.92 Å². The standard InChI is InChI=1S/C16H23NO3/c1-10(2)16-13-9-15(20-5)14(19-4)8-12(13)6-7-17(16)11(3)18/h8-10,16H,6-7H2,1-5H3. The second-order valence-corrected chi connectivity index (χ2v) is 5.56. The highest BCUT2D eigenvalue weighted by molar-refractivity contribution is 5.74. The Hall–Kier alpha value is -1.71. The lowest BCUT2D eigenvalue weighted by Gasteiger charge is -2.39. The molecule has 1 aromatic rings. The summed E-state index contributed by atoms with van der Waals surface area (Å²) in [7, 11) is 3.29. The Morgan fingerprint density at radius 2 is 1.85 bits per heavy atom. The lowest BCUT2D eigenvalue weighted by Crippen LogP contribution is -2.41. The maximum Gasteiger partial charge on any atom is 0.219 e. The normalized spacial score (nSPS) is 17.9. The lowest BCUT2D eigenvalue weighted by molar-refractivity contribution is -0.132. The molecule has 20 heavy (non-hydrogen) atoms. The van der Waals surface area contributed by atoms with E-state index in [1.165, 1.54) is 11.1 Å². The minimum Gasteiger partial charge on any atom is -0.493 e. The number of hydrogen-bond acceptors (Lipinski definition) is 3. The number of benzene rings is 1. The van der Waals surface area contributed by atoms with Crippen molar-refractivity contribution in [2.75, 3.05) is 20.8 Å². The second kappa shape index (κ2) is 5.73. The fourth-order valence-electron chi connectivity index (χ4n) is 3.05. The van der Waals surface area contributed by atoms with Crippen molar-refractivity contribution in [1.29, 1.82) is 0 Å². The number of fused-ring (bicyclic) bond motifs is 1. The number of methoxy groups -OCH3 is 2. The molecule has 1 unspecified atom stereocenters. The molecule has 0 bridgehead atoms. The van der Waals surface area contributed by atoms with Crippen molar-refractivity contribution in [3.05, 3.63) is 23.3 Å². The van der Waals surface area contributed by atoms with Gasteiger partial charge in [0.2, 0.25) is 5.91 Å². The van der Waals surface area contributed by atoms with E-state index in [9.17, 15) is 4.79 Å². The van der Waals surface area contributed by atoms with Gasteiger partial charge < -0.3 is 14.4 Å². The van der Waals surface area contributed by atoms with E-state index in [0.29, 0.717) is 5.92 Å². The van der Waals surface area contributed by atoms with Crippen LogP contribution in [0, 0.1) is 5.92 Å². The predicted octanol–water partition coefficient (Wildman–Crippen LogP) is 2.81. The van der Waals surface area contributed by atoms with Gasteiger partial charge in [0.05, 0.1) is 20.3 Å². The first-order valence-electron chi connectivity index (χ1n) is 7.01. The molecule has 1 heterocycles. The molecule has 4 heteroatoms. The van der Waals surface area contributed by atoms with Crippen LogP contribution in [0.1, 0.15) is 37.9 Å². The predicted molar refractivity (Wildman–Crippen MR) is 78.2 cm³/mol. The van der Waals surface area contributed by atoms with Crippen molar-refractivity contribution < 1.29 is 14.3 Å². The average Bonchev–Trinajstić information content (AvgIpc) is 2.43. The molecule has 1 atom stereocenters. The molecular weight excluding hydrogens is 254 g/mol. The van der Waals surface area contributed by atoms with E-state index in [1.807, 2.05) is 17.0 Å². The number of carbonyl (C=O) groups excluding carboxylic acids is 1. The molecule has 1 aromatic carbocycles. The summed E-state index contributed by atoms with van der Waals surface area (Å²) in [4.78, 5) is 13.8.